The molecule has 6 nitrogen and oxygen atoms in total. The van der Waals surface area contributed by atoms with E-state index in [0.29, 0.717) is 19.0 Å². The van der Waals surface area contributed by atoms with Crippen molar-refractivity contribution < 1.29 is 4.79 Å². The molecule has 1 amide bonds. The molecule has 3 N–H and O–H groups in total. The number of piperidine rings is 1. The summed E-state index contributed by atoms with van der Waals surface area (Å²) >= 11 is 0. The van der Waals surface area contributed by atoms with Crippen LogP contribution in [0.3, 0.4) is 0 Å². The largest absolute Gasteiger partial charge is 0.354 e. The Morgan fingerprint density at radius 3 is 2.47 bits per heavy atom. The molecule has 1 fully saturated rings. The molecule has 32 heavy (non-hydrogen) atoms. The number of benzene rings is 2. The maximum absolute atomic E-state index is 11.8. The number of carbonyl (C=O) groups is 1. The van der Waals surface area contributed by atoms with Gasteiger partial charge in [0.05, 0.1) is 0 Å². The van der Waals surface area contributed by atoms with Gasteiger partial charge in [0, 0.05) is 51.4 Å². The van der Waals surface area contributed by atoms with E-state index in [0.717, 1.165) is 56.1 Å². The SMILES string of the molecule is CCCC(=O)Nc1cccc(CNC(=NC)NC2CCN(Cc3ccccc3)CC2)c1.I. The highest BCUT2D eigenvalue weighted by atomic mass is 127. The molecular formula is C25H36IN5O. The van der Waals surface area contributed by atoms with Crippen LogP contribution in [0.5, 0.6) is 0 Å². The van der Waals surface area contributed by atoms with Gasteiger partial charge in [0.15, 0.2) is 5.96 Å². The fourth-order valence-electron chi connectivity index (χ4n) is 3.86. The summed E-state index contributed by atoms with van der Waals surface area (Å²) in [7, 11) is 1.81. The standard InChI is InChI=1S/C25H35N5O.HI/c1-3-8-24(31)28-23-12-7-11-21(17-23)18-27-25(26-2)29-22-13-15-30(16-14-22)19-20-9-5-4-6-10-20;/h4-7,9-12,17,22H,3,8,13-16,18-19H2,1-2H3,(H,28,31)(H2,26,27,29);1H. The second-order valence-corrected chi connectivity index (χ2v) is 8.10. The van der Waals surface area contributed by atoms with Crippen LogP contribution in [-0.4, -0.2) is 42.9 Å². The molecular weight excluding hydrogens is 513 g/mol. The third-order valence-corrected chi connectivity index (χ3v) is 5.55. The zero-order valence-electron chi connectivity index (χ0n) is 19.1. The molecule has 0 bridgehead atoms. The number of amides is 1. The first-order valence-corrected chi connectivity index (χ1v) is 11.3. The normalized spacial score (nSPS) is 15.0. The number of nitrogens with one attached hydrogen (secondary N) is 3. The van der Waals surface area contributed by atoms with Crippen molar-refractivity contribution in [2.24, 2.45) is 4.99 Å². The smallest absolute Gasteiger partial charge is 0.224 e. The van der Waals surface area contributed by atoms with Crippen LogP contribution in [0.1, 0.15) is 43.7 Å². The molecule has 0 aromatic heterocycles. The predicted octanol–water partition coefficient (Wildman–Crippen LogP) is 4.37. The zero-order valence-corrected chi connectivity index (χ0v) is 21.5. The maximum atomic E-state index is 11.8. The van der Waals surface area contributed by atoms with Gasteiger partial charge in [-0.05, 0) is 42.5 Å². The Labute approximate surface area is 209 Å². The molecule has 0 unspecified atom stereocenters. The highest BCUT2D eigenvalue weighted by Crippen LogP contribution is 2.14. The van der Waals surface area contributed by atoms with Crippen molar-refractivity contribution in [2.45, 2.75) is 51.7 Å². The number of guanidine groups is 1. The van der Waals surface area contributed by atoms with E-state index in [-0.39, 0.29) is 29.9 Å². The molecule has 174 valence electrons. The van der Waals surface area contributed by atoms with Crippen molar-refractivity contribution in [3.63, 3.8) is 0 Å². The number of rotatable bonds is 8. The van der Waals surface area contributed by atoms with Crippen LogP contribution in [-0.2, 0) is 17.9 Å². The van der Waals surface area contributed by atoms with Crippen LogP contribution >= 0.6 is 24.0 Å². The summed E-state index contributed by atoms with van der Waals surface area (Å²) < 4.78 is 0. The predicted molar refractivity (Wildman–Crippen MR) is 143 cm³/mol. The van der Waals surface area contributed by atoms with Crippen LogP contribution in [0, 0.1) is 0 Å². The van der Waals surface area contributed by atoms with E-state index in [4.69, 9.17) is 0 Å². The van der Waals surface area contributed by atoms with Gasteiger partial charge in [-0.3, -0.25) is 14.7 Å². The third-order valence-electron chi connectivity index (χ3n) is 5.55. The van der Waals surface area contributed by atoms with Crippen LogP contribution in [0.25, 0.3) is 0 Å². The third kappa shape index (κ3) is 8.78. The Morgan fingerprint density at radius 2 is 1.78 bits per heavy atom. The lowest BCUT2D eigenvalue weighted by Crippen LogP contribution is -2.48. The summed E-state index contributed by atoms with van der Waals surface area (Å²) in [6.45, 7) is 5.85. The first kappa shape index (κ1) is 26.1. The van der Waals surface area contributed by atoms with Gasteiger partial charge >= 0.3 is 0 Å². The maximum Gasteiger partial charge on any atom is 0.224 e. The highest BCUT2D eigenvalue weighted by Gasteiger charge is 2.20. The van der Waals surface area contributed by atoms with Gasteiger partial charge in [0.2, 0.25) is 5.91 Å². The van der Waals surface area contributed by atoms with E-state index < -0.39 is 0 Å². The van der Waals surface area contributed by atoms with Gasteiger partial charge in [-0.25, -0.2) is 0 Å². The van der Waals surface area contributed by atoms with Crippen LogP contribution in [0.2, 0.25) is 0 Å². The van der Waals surface area contributed by atoms with E-state index in [1.165, 1.54) is 5.56 Å². The molecule has 0 spiro atoms. The van der Waals surface area contributed by atoms with E-state index in [1.807, 2.05) is 25.1 Å². The minimum atomic E-state index is 0. The Hall–Kier alpha value is -2.13. The summed E-state index contributed by atoms with van der Waals surface area (Å²) in [6, 6.07) is 19.1. The molecule has 1 heterocycles. The monoisotopic (exact) mass is 549 g/mol. The molecule has 0 aliphatic carbocycles. The number of carbonyl (C=O) groups excluding carboxylic acids is 1. The molecule has 0 atom stereocenters. The van der Waals surface area contributed by atoms with Gasteiger partial charge in [-0.15, -0.1) is 24.0 Å². The number of aliphatic imine (C=N–C) groups is 1. The second kappa shape index (κ2) is 14.1. The first-order valence-electron chi connectivity index (χ1n) is 11.3. The summed E-state index contributed by atoms with van der Waals surface area (Å²) in [4.78, 5) is 18.7. The highest BCUT2D eigenvalue weighted by molar-refractivity contribution is 14.0. The number of anilines is 1. The summed E-state index contributed by atoms with van der Waals surface area (Å²) in [6.07, 6.45) is 3.60. The first-order chi connectivity index (χ1) is 15.2. The van der Waals surface area contributed by atoms with E-state index in [9.17, 15) is 4.79 Å². The van der Waals surface area contributed by atoms with Crippen molar-refractivity contribution >= 4 is 41.5 Å². The lowest BCUT2D eigenvalue weighted by atomic mass is 10.0. The molecule has 7 heteroatoms. The van der Waals surface area contributed by atoms with Crippen molar-refractivity contribution in [1.29, 1.82) is 0 Å². The Kier molecular flexibility index (Phi) is 11.5. The van der Waals surface area contributed by atoms with Crippen molar-refractivity contribution in [3.8, 4) is 0 Å². The minimum absolute atomic E-state index is 0. The Bertz CT molecular complexity index is 850. The summed E-state index contributed by atoms with van der Waals surface area (Å²) in [5.74, 6) is 0.880. The number of likely N-dealkylation sites (tertiary alicyclic amines) is 1. The molecule has 1 aliphatic heterocycles. The molecule has 2 aromatic rings. The van der Waals surface area contributed by atoms with E-state index in [1.54, 1.807) is 7.05 Å². The van der Waals surface area contributed by atoms with Gasteiger partial charge < -0.3 is 16.0 Å². The number of halogens is 1. The second-order valence-electron chi connectivity index (χ2n) is 8.10. The van der Waals surface area contributed by atoms with Crippen molar-refractivity contribution in [3.05, 3.63) is 65.7 Å². The Balaban J connectivity index is 0.00000363. The average molecular weight is 550 g/mol. The zero-order chi connectivity index (χ0) is 21.9. The van der Waals surface area contributed by atoms with Gasteiger partial charge in [0.1, 0.15) is 0 Å². The van der Waals surface area contributed by atoms with Crippen LogP contribution < -0.4 is 16.0 Å². The van der Waals surface area contributed by atoms with Gasteiger partial charge in [-0.1, -0.05) is 49.4 Å². The van der Waals surface area contributed by atoms with Crippen LogP contribution in [0.4, 0.5) is 5.69 Å². The number of hydrogen-bond donors (Lipinski definition) is 3. The molecule has 3 rings (SSSR count). The molecule has 1 saturated heterocycles. The van der Waals surface area contributed by atoms with Gasteiger partial charge in [-0.2, -0.15) is 0 Å². The average Bonchev–Trinajstić information content (AvgIpc) is 2.79. The van der Waals surface area contributed by atoms with Gasteiger partial charge in [0.25, 0.3) is 0 Å². The van der Waals surface area contributed by atoms with Crippen molar-refractivity contribution in [1.82, 2.24) is 15.5 Å². The Morgan fingerprint density at radius 1 is 1.06 bits per heavy atom. The van der Waals surface area contributed by atoms with E-state index >= 15 is 0 Å². The quantitative estimate of drug-likeness (QED) is 0.260. The molecule has 0 radical (unpaired) electrons. The summed E-state index contributed by atoms with van der Waals surface area (Å²) in [5.41, 5.74) is 3.32. The fraction of sp³-hybridized carbons (Fsp3) is 0.440. The summed E-state index contributed by atoms with van der Waals surface area (Å²) in [5, 5.41) is 9.92. The molecule has 0 saturated carbocycles. The number of hydrogen-bond acceptors (Lipinski definition) is 3. The fourth-order valence-corrected chi connectivity index (χ4v) is 3.86. The topological polar surface area (TPSA) is 68.8 Å². The van der Waals surface area contributed by atoms with E-state index in [2.05, 4.69) is 62.2 Å². The van der Waals surface area contributed by atoms with Crippen LogP contribution in [0.15, 0.2) is 59.6 Å². The number of nitrogens with zero attached hydrogens (tertiary/aromatic N) is 2. The lowest BCUT2D eigenvalue weighted by molar-refractivity contribution is -0.116. The minimum Gasteiger partial charge on any atom is -0.354 e. The lowest BCUT2D eigenvalue weighted by Gasteiger charge is -2.33. The molecule has 1 aliphatic rings. The molecule has 2 aromatic carbocycles. The van der Waals surface area contributed by atoms with Crippen molar-refractivity contribution in [2.75, 3.05) is 25.5 Å².